The molecule has 0 saturated carbocycles. The van der Waals surface area contributed by atoms with Gasteiger partial charge in [0.1, 0.15) is 5.82 Å². The van der Waals surface area contributed by atoms with Gasteiger partial charge < -0.3 is 5.11 Å². The van der Waals surface area contributed by atoms with Crippen molar-refractivity contribution in [3.05, 3.63) is 71.0 Å². The van der Waals surface area contributed by atoms with Gasteiger partial charge in [0, 0.05) is 6.42 Å². The predicted octanol–water partition coefficient (Wildman–Crippen LogP) is 3.20. The van der Waals surface area contributed by atoms with Gasteiger partial charge in [0.2, 0.25) is 0 Å². The number of halogens is 1. The Balaban J connectivity index is 1.91. The third-order valence-electron chi connectivity index (χ3n) is 3.74. The molecule has 0 heterocycles. The van der Waals surface area contributed by atoms with Crippen molar-refractivity contribution in [3.63, 3.8) is 0 Å². The summed E-state index contributed by atoms with van der Waals surface area (Å²) in [6.07, 6.45) is 2.20. The number of benzene rings is 2. The Labute approximate surface area is 106 Å². The van der Waals surface area contributed by atoms with E-state index in [2.05, 4.69) is 6.07 Å². The van der Waals surface area contributed by atoms with Gasteiger partial charge in [-0.1, -0.05) is 36.4 Å². The van der Waals surface area contributed by atoms with Gasteiger partial charge in [0.15, 0.2) is 0 Å². The standard InChI is InChI=1S/C16H15FO/c17-14-7-5-12(6-8-14)11-16(18)10-9-13-3-1-2-4-15(13)16/h1-8,18H,9-11H2. The number of rotatable bonds is 2. The normalized spacial score (nSPS) is 21.9. The Bertz CT molecular complexity index is 562. The summed E-state index contributed by atoms with van der Waals surface area (Å²) < 4.78 is 12.9. The van der Waals surface area contributed by atoms with Gasteiger partial charge in [-0.3, -0.25) is 0 Å². The zero-order valence-electron chi connectivity index (χ0n) is 10.1. The summed E-state index contributed by atoms with van der Waals surface area (Å²) >= 11 is 0. The van der Waals surface area contributed by atoms with Crippen LogP contribution in [0.2, 0.25) is 0 Å². The summed E-state index contributed by atoms with van der Waals surface area (Å²) in [6, 6.07) is 14.4. The van der Waals surface area contributed by atoms with Crippen LogP contribution < -0.4 is 0 Å². The molecule has 1 N–H and O–H groups in total. The maximum Gasteiger partial charge on any atom is 0.123 e. The fourth-order valence-corrected chi connectivity index (χ4v) is 2.79. The Kier molecular flexibility index (Phi) is 2.67. The molecule has 0 aliphatic heterocycles. The van der Waals surface area contributed by atoms with Crippen molar-refractivity contribution in [1.82, 2.24) is 0 Å². The zero-order valence-corrected chi connectivity index (χ0v) is 10.1. The van der Waals surface area contributed by atoms with Gasteiger partial charge in [-0.2, -0.15) is 0 Å². The van der Waals surface area contributed by atoms with Crippen molar-refractivity contribution in [2.45, 2.75) is 24.9 Å². The summed E-state index contributed by atoms with van der Waals surface area (Å²) in [5, 5.41) is 10.8. The average molecular weight is 242 g/mol. The molecule has 18 heavy (non-hydrogen) atoms. The minimum Gasteiger partial charge on any atom is -0.385 e. The van der Waals surface area contributed by atoms with E-state index in [1.54, 1.807) is 12.1 Å². The quantitative estimate of drug-likeness (QED) is 0.857. The van der Waals surface area contributed by atoms with E-state index < -0.39 is 5.60 Å². The predicted molar refractivity (Wildman–Crippen MR) is 68.8 cm³/mol. The summed E-state index contributed by atoms with van der Waals surface area (Å²) in [7, 11) is 0. The molecule has 0 bridgehead atoms. The van der Waals surface area contributed by atoms with Gasteiger partial charge in [0.05, 0.1) is 5.60 Å². The fourth-order valence-electron chi connectivity index (χ4n) is 2.79. The highest BCUT2D eigenvalue weighted by atomic mass is 19.1. The highest BCUT2D eigenvalue weighted by Gasteiger charge is 2.36. The SMILES string of the molecule is OC1(Cc2ccc(F)cc2)CCc2ccccc21. The zero-order chi connectivity index (χ0) is 12.6. The van der Waals surface area contributed by atoms with Crippen LogP contribution in [0.25, 0.3) is 0 Å². The molecule has 1 aliphatic rings. The van der Waals surface area contributed by atoms with E-state index in [9.17, 15) is 9.50 Å². The molecular formula is C16H15FO. The van der Waals surface area contributed by atoms with E-state index in [0.29, 0.717) is 6.42 Å². The lowest BCUT2D eigenvalue weighted by molar-refractivity contribution is 0.0389. The van der Waals surface area contributed by atoms with E-state index >= 15 is 0 Å². The van der Waals surface area contributed by atoms with Gasteiger partial charge >= 0.3 is 0 Å². The van der Waals surface area contributed by atoms with Crippen molar-refractivity contribution in [1.29, 1.82) is 0 Å². The smallest absolute Gasteiger partial charge is 0.123 e. The molecule has 1 unspecified atom stereocenters. The summed E-state index contributed by atoms with van der Waals surface area (Å²) in [4.78, 5) is 0. The second kappa shape index (κ2) is 4.21. The first-order valence-electron chi connectivity index (χ1n) is 6.23. The molecule has 0 saturated heterocycles. The van der Waals surface area contributed by atoms with E-state index in [0.717, 1.165) is 24.0 Å². The first-order valence-corrected chi connectivity index (χ1v) is 6.23. The molecule has 0 spiro atoms. The minimum atomic E-state index is -0.797. The van der Waals surface area contributed by atoms with E-state index in [1.807, 2.05) is 18.2 Å². The maximum absolute atomic E-state index is 12.9. The van der Waals surface area contributed by atoms with Crippen LogP contribution in [0.4, 0.5) is 4.39 Å². The Morgan fingerprint density at radius 3 is 2.56 bits per heavy atom. The first-order chi connectivity index (χ1) is 8.67. The number of fused-ring (bicyclic) bond motifs is 1. The molecule has 1 aliphatic carbocycles. The first kappa shape index (κ1) is 11.4. The molecule has 3 rings (SSSR count). The summed E-state index contributed by atoms with van der Waals surface area (Å²) in [6.45, 7) is 0. The third kappa shape index (κ3) is 1.93. The third-order valence-corrected chi connectivity index (χ3v) is 3.74. The molecular weight excluding hydrogens is 227 g/mol. The molecule has 1 nitrogen and oxygen atoms in total. The average Bonchev–Trinajstić information content (AvgIpc) is 2.71. The van der Waals surface area contributed by atoms with Crippen molar-refractivity contribution in [3.8, 4) is 0 Å². The molecule has 2 heteroatoms. The van der Waals surface area contributed by atoms with Crippen LogP contribution in [0, 0.1) is 5.82 Å². The number of aryl methyl sites for hydroxylation is 1. The second-order valence-corrected chi connectivity index (χ2v) is 4.99. The van der Waals surface area contributed by atoms with E-state index in [1.165, 1.54) is 17.7 Å². The van der Waals surface area contributed by atoms with Crippen molar-refractivity contribution in [2.75, 3.05) is 0 Å². The molecule has 2 aromatic rings. The highest BCUT2D eigenvalue weighted by Crippen LogP contribution is 2.39. The minimum absolute atomic E-state index is 0.238. The van der Waals surface area contributed by atoms with Gasteiger partial charge in [-0.15, -0.1) is 0 Å². The summed E-state index contributed by atoms with van der Waals surface area (Å²) in [5.74, 6) is -0.238. The summed E-state index contributed by atoms with van der Waals surface area (Å²) in [5.41, 5.74) is 2.42. The van der Waals surface area contributed by atoms with Crippen LogP contribution in [0.15, 0.2) is 48.5 Å². The molecule has 2 aromatic carbocycles. The highest BCUT2D eigenvalue weighted by molar-refractivity contribution is 5.38. The van der Waals surface area contributed by atoms with E-state index in [-0.39, 0.29) is 5.82 Å². The van der Waals surface area contributed by atoms with Gasteiger partial charge in [-0.05, 0) is 41.7 Å². The monoisotopic (exact) mass is 242 g/mol. The van der Waals surface area contributed by atoms with Crippen molar-refractivity contribution < 1.29 is 9.50 Å². The Morgan fingerprint density at radius 2 is 1.78 bits per heavy atom. The van der Waals surface area contributed by atoms with E-state index in [4.69, 9.17) is 0 Å². The van der Waals surface area contributed by atoms with Crippen LogP contribution in [0.1, 0.15) is 23.1 Å². The van der Waals surface area contributed by atoms with Gasteiger partial charge in [0.25, 0.3) is 0 Å². The lowest BCUT2D eigenvalue weighted by Gasteiger charge is -2.24. The molecule has 1 atom stereocenters. The van der Waals surface area contributed by atoms with Crippen LogP contribution in [0.5, 0.6) is 0 Å². The fraction of sp³-hybridized carbons (Fsp3) is 0.250. The largest absolute Gasteiger partial charge is 0.385 e. The topological polar surface area (TPSA) is 20.2 Å². The molecule has 0 aromatic heterocycles. The molecule has 0 fully saturated rings. The van der Waals surface area contributed by atoms with Crippen LogP contribution in [-0.4, -0.2) is 5.11 Å². The number of hydrogen-bond donors (Lipinski definition) is 1. The van der Waals surface area contributed by atoms with Crippen molar-refractivity contribution in [2.24, 2.45) is 0 Å². The lowest BCUT2D eigenvalue weighted by atomic mass is 9.89. The van der Waals surface area contributed by atoms with Crippen LogP contribution >= 0.6 is 0 Å². The Hall–Kier alpha value is -1.67. The van der Waals surface area contributed by atoms with Gasteiger partial charge in [-0.25, -0.2) is 4.39 Å². The number of aliphatic hydroxyl groups is 1. The van der Waals surface area contributed by atoms with Crippen LogP contribution in [-0.2, 0) is 18.4 Å². The molecule has 0 radical (unpaired) electrons. The van der Waals surface area contributed by atoms with Crippen molar-refractivity contribution >= 4 is 0 Å². The lowest BCUT2D eigenvalue weighted by Crippen LogP contribution is -2.25. The molecule has 92 valence electrons. The molecule has 0 amide bonds. The Morgan fingerprint density at radius 1 is 1.06 bits per heavy atom. The van der Waals surface area contributed by atoms with Crippen LogP contribution in [0.3, 0.4) is 0 Å². The second-order valence-electron chi connectivity index (χ2n) is 4.99. The number of hydrogen-bond acceptors (Lipinski definition) is 1. The maximum atomic E-state index is 12.9.